The molecule has 0 saturated carbocycles. The number of rotatable bonds is 6. The second-order valence-corrected chi connectivity index (χ2v) is 5.26. The predicted octanol–water partition coefficient (Wildman–Crippen LogP) is 2.49. The van der Waals surface area contributed by atoms with Crippen molar-refractivity contribution < 1.29 is 18.8 Å². The number of carbonyl (C=O) groups is 1. The van der Waals surface area contributed by atoms with Crippen molar-refractivity contribution in [3.63, 3.8) is 0 Å². The molecule has 0 bridgehead atoms. The standard InChI is InChI=1S/C17H19N3O4/c1-11-7-14(9-15(10-18)17(21)23-6-5-22-4)13(3)20(11)16-8-12(2)24-19-16/h7-9H,5-6H2,1-4H3/b15-9+. The number of hydrogen-bond acceptors (Lipinski definition) is 6. The minimum Gasteiger partial charge on any atom is -0.459 e. The van der Waals surface area contributed by atoms with Crippen LogP contribution in [0, 0.1) is 32.1 Å². The van der Waals surface area contributed by atoms with Crippen LogP contribution < -0.4 is 0 Å². The third-order valence-electron chi connectivity index (χ3n) is 3.48. The van der Waals surface area contributed by atoms with Crippen LogP contribution in [-0.4, -0.2) is 36.0 Å². The van der Waals surface area contributed by atoms with Gasteiger partial charge in [0.25, 0.3) is 0 Å². The maximum absolute atomic E-state index is 11.9. The number of nitriles is 1. The summed E-state index contributed by atoms with van der Waals surface area (Å²) in [4.78, 5) is 11.9. The Kier molecular flexibility index (Phi) is 5.55. The number of hydrogen-bond donors (Lipinski definition) is 0. The van der Waals surface area contributed by atoms with Crippen LogP contribution in [0.25, 0.3) is 11.9 Å². The zero-order chi connectivity index (χ0) is 17.7. The molecule has 0 aliphatic heterocycles. The molecule has 2 heterocycles. The van der Waals surface area contributed by atoms with Gasteiger partial charge in [-0.2, -0.15) is 5.26 Å². The average molecular weight is 329 g/mol. The summed E-state index contributed by atoms with van der Waals surface area (Å²) in [7, 11) is 1.51. The van der Waals surface area contributed by atoms with Gasteiger partial charge in [-0.3, -0.25) is 4.57 Å². The molecule has 2 aromatic heterocycles. The van der Waals surface area contributed by atoms with Crippen LogP contribution in [-0.2, 0) is 14.3 Å². The van der Waals surface area contributed by atoms with Crippen molar-refractivity contribution in [1.82, 2.24) is 9.72 Å². The molecule has 0 aliphatic carbocycles. The van der Waals surface area contributed by atoms with Gasteiger partial charge in [-0.05, 0) is 38.5 Å². The fourth-order valence-electron chi connectivity index (χ4n) is 2.33. The molecule has 2 aromatic rings. The Morgan fingerprint density at radius 1 is 1.38 bits per heavy atom. The minimum atomic E-state index is -0.670. The van der Waals surface area contributed by atoms with Gasteiger partial charge in [0.2, 0.25) is 0 Å². The maximum Gasteiger partial charge on any atom is 0.348 e. The van der Waals surface area contributed by atoms with Crippen LogP contribution >= 0.6 is 0 Å². The summed E-state index contributed by atoms with van der Waals surface area (Å²) in [6.45, 7) is 6.00. The van der Waals surface area contributed by atoms with E-state index in [-0.39, 0.29) is 18.8 Å². The van der Waals surface area contributed by atoms with Crippen molar-refractivity contribution in [2.75, 3.05) is 20.3 Å². The van der Waals surface area contributed by atoms with Crippen molar-refractivity contribution in [3.8, 4) is 11.9 Å². The summed E-state index contributed by atoms with van der Waals surface area (Å²) >= 11 is 0. The van der Waals surface area contributed by atoms with Gasteiger partial charge in [0.05, 0.1) is 6.61 Å². The van der Waals surface area contributed by atoms with E-state index in [0.29, 0.717) is 11.6 Å². The monoisotopic (exact) mass is 329 g/mol. The van der Waals surface area contributed by atoms with Crippen LogP contribution in [0.4, 0.5) is 0 Å². The normalized spacial score (nSPS) is 11.4. The summed E-state index contributed by atoms with van der Waals surface area (Å²) in [5, 5.41) is 13.2. The lowest BCUT2D eigenvalue weighted by atomic mass is 10.1. The largest absolute Gasteiger partial charge is 0.459 e. The molecule has 0 radical (unpaired) electrons. The van der Waals surface area contributed by atoms with Crippen molar-refractivity contribution in [3.05, 3.63) is 40.4 Å². The number of methoxy groups -OCH3 is 1. The van der Waals surface area contributed by atoms with Crippen molar-refractivity contribution in [1.29, 1.82) is 5.26 Å². The lowest BCUT2D eigenvalue weighted by Gasteiger charge is -2.04. The first-order chi connectivity index (χ1) is 11.5. The second-order valence-electron chi connectivity index (χ2n) is 5.26. The third kappa shape index (κ3) is 3.73. The van der Waals surface area contributed by atoms with Crippen LogP contribution in [0.15, 0.2) is 22.2 Å². The molecule has 0 saturated heterocycles. The van der Waals surface area contributed by atoms with E-state index in [1.54, 1.807) is 0 Å². The van der Waals surface area contributed by atoms with Crippen LogP contribution in [0.3, 0.4) is 0 Å². The van der Waals surface area contributed by atoms with E-state index in [1.807, 2.05) is 43.5 Å². The molecule has 126 valence electrons. The number of aromatic nitrogens is 2. The summed E-state index contributed by atoms with van der Waals surface area (Å²) in [5.74, 6) is 0.689. The molecule has 0 fully saturated rings. The third-order valence-corrected chi connectivity index (χ3v) is 3.48. The van der Waals surface area contributed by atoms with E-state index in [4.69, 9.17) is 14.0 Å². The highest BCUT2D eigenvalue weighted by molar-refractivity contribution is 5.98. The highest BCUT2D eigenvalue weighted by atomic mass is 16.6. The van der Waals surface area contributed by atoms with Crippen LogP contribution in [0.2, 0.25) is 0 Å². The van der Waals surface area contributed by atoms with E-state index in [1.165, 1.54) is 13.2 Å². The Balaban J connectivity index is 2.32. The van der Waals surface area contributed by atoms with Gasteiger partial charge in [0.15, 0.2) is 5.82 Å². The first-order valence-corrected chi connectivity index (χ1v) is 7.38. The fourth-order valence-corrected chi connectivity index (χ4v) is 2.33. The van der Waals surface area contributed by atoms with Gasteiger partial charge in [0.1, 0.15) is 24.0 Å². The highest BCUT2D eigenvalue weighted by Crippen LogP contribution is 2.22. The van der Waals surface area contributed by atoms with E-state index in [9.17, 15) is 10.1 Å². The topological polar surface area (TPSA) is 90.3 Å². The number of ether oxygens (including phenoxy) is 2. The summed E-state index contributed by atoms with van der Waals surface area (Å²) < 4.78 is 16.8. The predicted molar refractivity (Wildman–Crippen MR) is 86.5 cm³/mol. The molecule has 7 heteroatoms. The number of aryl methyl sites for hydroxylation is 2. The Morgan fingerprint density at radius 3 is 2.71 bits per heavy atom. The van der Waals surface area contributed by atoms with Gasteiger partial charge < -0.3 is 14.0 Å². The van der Waals surface area contributed by atoms with E-state index in [2.05, 4.69) is 5.16 Å². The molecule has 0 aliphatic rings. The van der Waals surface area contributed by atoms with Crippen LogP contribution in [0.5, 0.6) is 0 Å². The van der Waals surface area contributed by atoms with Gasteiger partial charge >= 0.3 is 5.97 Å². The lowest BCUT2D eigenvalue weighted by Crippen LogP contribution is -2.11. The Hall–Kier alpha value is -2.85. The molecule has 2 rings (SSSR count). The molecule has 0 atom stereocenters. The fraction of sp³-hybridized carbons (Fsp3) is 0.353. The average Bonchev–Trinajstić information content (AvgIpc) is 3.08. The van der Waals surface area contributed by atoms with E-state index >= 15 is 0 Å². The van der Waals surface area contributed by atoms with Gasteiger partial charge in [-0.15, -0.1) is 0 Å². The maximum atomic E-state index is 11.9. The van der Waals surface area contributed by atoms with Gasteiger partial charge in [-0.1, -0.05) is 5.16 Å². The zero-order valence-corrected chi connectivity index (χ0v) is 14.1. The molecular weight excluding hydrogens is 310 g/mol. The molecule has 7 nitrogen and oxygen atoms in total. The number of nitrogens with zero attached hydrogens (tertiary/aromatic N) is 3. The first kappa shape index (κ1) is 17.5. The van der Waals surface area contributed by atoms with Gasteiger partial charge in [0, 0.05) is 24.6 Å². The summed E-state index contributed by atoms with van der Waals surface area (Å²) in [5.41, 5.74) is 2.44. The number of esters is 1. The first-order valence-electron chi connectivity index (χ1n) is 7.38. The van der Waals surface area contributed by atoms with E-state index < -0.39 is 5.97 Å². The molecule has 24 heavy (non-hydrogen) atoms. The SMILES string of the molecule is COCCOC(=O)/C(C#N)=C/c1cc(C)n(-c2cc(C)on2)c1C. The number of carbonyl (C=O) groups excluding carboxylic acids is 1. The van der Waals surface area contributed by atoms with E-state index in [0.717, 1.165) is 17.0 Å². The smallest absolute Gasteiger partial charge is 0.348 e. The summed E-state index contributed by atoms with van der Waals surface area (Å²) in [6, 6.07) is 5.57. The van der Waals surface area contributed by atoms with Crippen molar-refractivity contribution in [2.24, 2.45) is 0 Å². The van der Waals surface area contributed by atoms with Crippen LogP contribution in [0.1, 0.15) is 22.7 Å². The lowest BCUT2D eigenvalue weighted by molar-refractivity contribution is -0.139. The Bertz CT molecular complexity index is 808. The Morgan fingerprint density at radius 2 is 2.12 bits per heavy atom. The Labute approximate surface area is 140 Å². The highest BCUT2D eigenvalue weighted by Gasteiger charge is 2.16. The second kappa shape index (κ2) is 7.62. The van der Waals surface area contributed by atoms with Crippen molar-refractivity contribution in [2.45, 2.75) is 20.8 Å². The molecule has 0 spiro atoms. The molecule has 0 N–H and O–H groups in total. The quantitative estimate of drug-likeness (QED) is 0.350. The minimum absolute atomic E-state index is 0.0670. The summed E-state index contributed by atoms with van der Waals surface area (Å²) in [6.07, 6.45) is 1.51. The van der Waals surface area contributed by atoms with Gasteiger partial charge in [-0.25, -0.2) is 4.79 Å². The molecule has 0 unspecified atom stereocenters. The van der Waals surface area contributed by atoms with Crippen molar-refractivity contribution >= 4 is 12.0 Å². The molecular formula is C17H19N3O4. The molecule has 0 amide bonds. The zero-order valence-electron chi connectivity index (χ0n) is 14.1. The molecule has 0 aromatic carbocycles.